The van der Waals surface area contributed by atoms with Crippen molar-refractivity contribution in [3.05, 3.63) is 17.6 Å². The quantitative estimate of drug-likeness (QED) is 0.923. The summed E-state index contributed by atoms with van der Waals surface area (Å²) in [6.45, 7) is 6.89. The number of likely N-dealkylation sites (tertiary alicyclic amines) is 1. The lowest BCUT2D eigenvalue weighted by Crippen LogP contribution is -2.47. The topological polar surface area (TPSA) is 58.3 Å². The maximum Gasteiger partial charge on any atom is 0.132 e. The normalized spacial score (nSPS) is 29.5. The molecule has 24 heavy (non-hydrogen) atoms. The maximum atomic E-state index is 5.95. The van der Waals surface area contributed by atoms with Crippen LogP contribution in [0.1, 0.15) is 62.4 Å². The fraction of sp³-hybridized carbons (Fsp3) is 0.789. The van der Waals surface area contributed by atoms with Crippen LogP contribution in [0.2, 0.25) is 0 Å². The number of aromatic nitrogens is 2. The highest BCUT2D eigenvalue weighted by Crippen LogP contribution is 2.36. The van der Waals surface area contributed by atoms with Crippen molar-refractivity contribution in [2.75, 3.05) is 31.1 Å². The summed E-state index contributed by atoms with van der Waals surface area (Å²) in [6, 6.07) is 3.38. The van der Waals surface area contributed by atoms with Gasteiger partial charge in [-0.15, -0.1) is 0 Å². The second kappa shape index (κ2) is 6.96. The monoisotopic (exact) mass is 329 g/mol. The zero-order valence-electron chi connectivity index (χ0n) is 15.0. The lowest BCUT2D eigenvalue weighted by molar-refractivity contribution is 0.141. The van der Waals surface area contributed by atoms with Crippen LogP contribution in [-0.2, 0) is 0 Å². The van der Waals surface area contributed by atoms with Crippen molar-refractivity contribution in [3.63, 3.8) is 0 Å². The number of hydrogen-bond donors (Lipinski definition) is 1. The van der Waals surface area contributed by atoms with Gasteiger partial charge in [0.25, 0.3) is 0 Å². The van der Waals surface area contributed by atoms with E-state index in [-0.39, 0.29) is 0 Å². The Kier molecular flexibility index (Phi) is 4.72. The molecule has 0 amide bonds. The number of piperidine rings is 2. The van der Waals surface area contributed by atoms with Crippen LogP contribution in [0.25, 0.3) is 0 Å². The van der Waals surface area contributed by atoms with Crippen molar-refractivity contribution in [1.82, 2.24) is 14.9 Å². The predicted molar refractivity (Wildman–Crippen MR) is 97.4 cm³/mol. The van der Waals surface area contributed by atoms with Crippen molar-refractivity contribution >= 4 is 5.82 Å². The number of aryl methyl sites for hydroxylation is 1. The Labute approximate surface area is 145 Å². The Balaban J connectivity index is 1.40. The van der Waals surface area contributed by atoms with Crippen LogP contribution in [-0.4, -0.2) is 53.1 Å². The van der Waals surface area contributed by atoms with Gasteiger partial charge in [0.1, 0.15) is 11.6 Å². The zero-order valence-corrected chi connectivity index (χ0v) is 15.0. The zero-order chi connectivity index (χ0) is 16.5. The van der Waals surface area contributed by atoms with Gasteiger partial charge < -0.3 is 15.5 Å². The van der Waals surface area contributed by atoms with E-state index in [0.29, 0.717) is 12.0 Å². The fourth-order valence-corrected chi connectivity index (χ4v) is 4.59. The molecule has 0 spiro atoms. The summed E-state index contributed by atoms with van der Waals surface area (Å²) in [5.74, 6) is 2.59. The van der Waals surface area contributed by atoms with Crippen LogP contribution in [0, 0.1) is 6.92 Å². The van der Waals surface area contributed by atoms with Gasteiger partial charge in [-0.05, 0) is 58.5 Å². The van der Waals surface area contributed by atoms with E-state index in [1.165, 1.54) is 50.9 Å². The highest BCUT2D eigenvalue weighted by molar-refractivity contribution is 5.41. The van der Waals surface area contributed by atoms with Gasteiger partial charge in [-0.3, -0.25) is 0 Å². The number of nitrogens with zero attached hydrogens (tertiary/aromatic N) is 4. The minimum Gasteiger partial charge on any atom is -0.356 e. The summed E-state index contributed by atoms with van der Waals surface area (Å²) in [5.41, 5.74) is 7.16. The second-order valence-electron chi connectivity index (χ2n) is 7.94. The molecule has 132 valence electrons. The smallest absolute Gasteiger partial charge is 0.132 e. The lowest BCUT2D eigenvalue weighted by atomic mass is 9.78. The fourth-order valence-electron chi connectivity index (χ4n) is 4.59. The largest absolute Gasteiger partial charge is 0.356 e. The summed E-state index contributed by atoms with van der Waals surface area (Å²) in [7, 11) is 0. The molecule has 5 nitrogen and oxygen atoms in total. The summed E-state index contributed by atoms with van der Waals surface area (Å²) >= 11 is 0. The molecule has 2 saturated heterocycles. The van der Waals surface area contributed by atoms with Crippen LogP contribution < -0.4 is 10.6 Å². The van der Waals surface area contributed by atoms with Crippen LogP contribution in [0.3, 0.4) is 0 Å². The van der Waals surface area contributed by atoms with E-state index in [1.807, 2.05) is 6.92 Å². The summed E-state index contributed by atoms with van der Waals surface area (Å²) in [6.07, 6.45) is 8.89. The van der Waals surface area contributed by atoms with E-state index in [4.69, 9.17) is 10.7 Å². The minimum atomic E-state index is 0.369. The molecule has 1 aromatic rings. The van der Waals surface area contributed by atoms with Crippen LogP contribution in [0.15, 0.2) is 6.07 Å². The van der Waals surface area contributed by atoms with Gasteiger partial charge in [0.15, 0.2) is 0 Å². The van der Waals surface area contributed by atoms with Crippen LogP contribution >= 0.6 is 0 Å². The number of rotatable bonds is 3. The van der Waals surface area contributed by atoms with Gasteiger partial charge in [-0.1, -0.05) is 6.42 Å². The molecular weight excluding hydrogens is 298 g/mol. The van der Waals surface area contributed by atoms with Crippen molar-refractivity contribution in [2.24, 2.45) is 5.73 Å². The van der Waals surface area contributed by atoms with E-state index in [0.717, 1.165) is 43.6 Å². The van der Waals surface area contributed by atoms with Crippen molar-refractivity contribution in [2.45, 2.75) is 69.9 Å². The van der Waals surface area contributed by atoms with Crippen LogP contribution in [0.5, 0.6) is 0 Å². The van der Waals surface area contributed by atoms with E-state index in [2.05, 4.69) is 20.9 Å². The van der Waals surface area contributed by atoms with E-state index in [1.54, 1.807) is 0 Å². The third-order valence-electron chi connectivity index (χ3n) is 6.13. The van der Waals surface area contributed by atoms with Crippen molar-refractivity contribution in [3.8, 4) is 0 Å². The third-order valence-corrected chi connectivity index (χ3v) is 6.13. The summed E-state index contributed by atoms with van der Waals surface area (Å²) < 4.78 is 0. The van der Waals surface area contributed by atoms with Gasteiger partial charge >= 0.3 is 0 Å². The Bertz CT molecular complexity index is 555. The standard InChI is InChI=1S/C19H31N5/c1-14-21-18(15-11-16(20)12-15)13-19(22-14)24-9-5-17(6-10-24)23-7-3-2-4-8-23/h13,15-17H,2-12,20H2,1H3. The maximum absolute atomic E-state index is 5.95. The Morgan fingerprint density at radius 3 is 2.38 bits per heavy atom. The molecule has 2 N–H and O–H groups in total. The molecule has 3 heterocycles. The first-order valence-electron chi connectivity index (χ1n) is 9.79. The van der Waals surface area contributed by atoms with Gasteiger partial charge in [0.2, 0.25) is 0 Å². The molecule has 3 fully saturated rings. The van der Waals surface area contributed by atoms with Crippen LogP contribution in [0.4, 0.5) is 5.82 Å². The Hall–Kier alpha value is -1.20. The van der Waals surface area contributed by atoms with Crippen molar-refractivity contribution in [1.29, 1.82) is 0 Å². The molecule has 1 saturated carbocycles. The average molecular weight is 329 g/mol. The molecule has 1 aromatic heterocycles. The molecule has 0 unspecified atom stereocenters. The first-order valence-corrected chi connectivity index (χ1v) is 9.79. The first kappa shape index (κ1) is 16.3. The van der Waals surface area contributed by atoms with Gasteiger partial charge in [-0.2, -0.15) is 0 Å². The van der Waals surface area contributed by atoms with Gasteiger partial charge in [-0.25, -0.2) is 9.97 Å². The number of nitrogens with two attached hydrogens (primary N) is 1. The van der Waals surface area contributed by atoms with Gasteiger partial charge in [0.05, 0.1) is 0 Å². The molecule has 0 atom stereocenters. The van der Waals surface area contributed by atoms with E-state index < -0.39 is 0 Å². The number of anilines is 1. The lowest BCUT2D eigenvalue weighted by Gasteiger charge is -2.40. The first-order chi connectivity index (χ1) is 11.7. The average Bonchev–Trinajstić information content (AvgIpc) is 2.59. The molecule has 3 aliphatic rings. The molecular formula is C19H31N5. The molecule has 1 aliphatic carbocycles. The number of hydrogen-bond acceptors (Lipinski definition) is 5. The Morgan fingerprint density at radius 2 is 1.71 bits per heavy atom. The van der Waals surface area contributed by atoms with E-state index in [9.17, 15) is 0 Å². The van der Waals surface area contributed by atoms with Crippen molar-refractivity contribution < 1.29 is 0 Å². The highest BCUT2D eigenvalue weighted by Gasteiger charge is 2.30. The molecule has 0 aromatic carbocycles. The second-order valence-corrected chi connectivity index (χ2v) is 7.94. The molecule has 0 radical (unpaired) electrons. The predicted octanol–water partition coefficient (Wildman–Crippen LogP) is 2.44. The molecule has 0 bridgehead atoms. The third kappa shape index (κ3) is 3.42. The summed E-state index contributed by atoms with van der Waals surface area (Å²) in [4.78, 5) is 14.6. The van der Waals surface area contributed by atoms with E-state index >= 15 is 0 Å². The Morgan fingerprint density at radius 1 is 1.00 bits per heavy atom. The molecule has 5 heteroatoms. The molecule has 2 aliphatic heterocycles. The minimum absolute atomic E-state index is 0.369. The molecule has 4 rings (SSSR count). The summed E-state index contributed by atoms with van der Waals surface area (Å²) in [5, 5.41) is 0. The highest BCUT2D eigenvalue weighted by atomic mass is 15.2. The van der Waals surface area contributed by atoms with Gasteiger partial charge in [0, 0.05) is 42.9 Å². The SMILES string of the molecule is Cc1nc(C2CC(N)C2)cc(N2CCC(N3CCCCC3)CC2)n1.